The van der Waals surface area contributed by atoms with Gasteiger partial charge in [-0.3, -0.25) is 14.3 Å². The number of halogens is 4. The van der Waals surface area contributed by atoms with Crippen LogP contribution in [0.5, 0.6) is 0 Å². The van der Waals surface area contributed by atoms with Gasteiger partial charge in [-0.15, -0.1) is 0 Å². The van der Waals surface area contributed by atoms with Crippen LogP contribution in [0.3, 0.4) is 0 Å². The van der Waals surface area contributed by atoms with Gasteiger partial charge in [0.2, 0.25) is 0 Å². The minimum atomic E-state index is -4.94. The second-order valence-electron chi connectivity index (χ2n) is 8.09. The van der Waals surface area contributed by atoms with E-state index in [4.69, 9.17) is 4.74 Å². The minimum Gasteiger partial charge on any atom is -0.375 e. The van der Waals surface area contributed by atoms with Gasteiger partial charge in [0.05, 0.1) is 34.0 Å². The lowest BCUT2D eigenvalue weighted by molar-refractivity contribution is -0.140. The van der Waals surface area contributed by atoms with Gasteiger partial charge in [0.1, 0.15) is 18.2 Å². The number of anilines is 1. The number of nitrogens with one attached hydrogen (secondary N) is 2. The predicted octanol–water partition coefficient (Wildman–Crippen LogP) is 4.67. The number of imidazole rings is 1. The van der Waals surface area contributed by atoms with E-state index in [-0.39, 0.29) is 23.7 Å². The second kappa shape index (κ2) is 9.13. The lowest BCUT2D eigenvalue weighted by Crippen LogP contribution is -2.17. The number of benzene rings is 2. The number of pyridine rings is 2. The Morgan fingerprint density at radius 2 is 1.84 bits per heavy atom. The summed E-state index contributed by atoms with van der Waals surface area (Å²) in [5.41, 5.74) is 0.0870. The zero-order valence-corrected chi connectivity index (χ0v) is 19.1. The quantitative estimate of drug-likeness (QED) is 0.334. The molecular weight excluding hydrogens is 494 g/mol. The van der Waals surface area contributed by atoms with E-state index < -0.39 is 23.2 Å². The van der Waals surface area contributed by atoms with E-state index in [1.54, 1.807) is 30.3 Å². The van der Waals surface area contributed by atoms with Crippen LogP contribution in [0, 0.1) is 5.82 Å². The van der Waals surface area contributed by atoms with Crippen molar-refractivity contribution in [3.8, 4) is 16.8 Å². The molecule has 0 saturated carbocycles. The molecule has 0 unspecified atom stereocenters. The third kappa shape index (κ3) is 4.54. The molecule has 8 nitrogen and oxygen atoms in total. The number of aromatic amines is 1. The van der Waals surface area contributed by atoms with Crippen molar-refractivity contribution in [2.45, 2.75) is 6.18 Å². The Balaban J connectivity index is 1.64. The van der Waals surface area contributed by atoms with Crippen LogP contribution in [0.1, 0.15) is 5.56 Å². The van der Waals surface area contributed by atoms with Crippen molar-refractivity contribution in [2.24, 2.45) is 0 Å². The molecule has 5 aromatic rings. The molecule has 5 rings (SSSR count). The van der Waals surface area contributed by atoms with E-state index in [1.165, 1.54) is 19.5 Å². The highest BCUT2D eigenvalue weighted by atomic mass is 19.4. The van der Waals surface area contributed by atoms with Crippen molar-refractivity contribution in [3.05, 3.63) is 82.8 Å². The van der Waals surface area contributed by atoms with Crippen LogP contribution >= 0.6 is 0 Å². The Morgan fingerprint density at radius 1 is 1.05 bits per heavy atom. The van der Waals surface area contributed by atoms with Gasteiger partial charge in [-0.1, -0.05) is 6.07 Å². The first-order valence-corrected chi connectivity index (χ1v) is 10.8. The highest BCUT2D eigenvalue weighted by molar-refractivity contribution is 6.04. The number of fused-ring (bicyclic) bond motifs is 3. The highest BCUT2D eigenvalue weighted by Crippen LogP contribution is 2.34. The van der Waals surface area contributed by atoms with Gasteiger partial charge in [0.15, 0.2) is 0 Å². The van der Waals surface area contributed by atoms with Crippen LogP contribution in [0.15, 0.2) is 65.7 Å². The first kappa shape index (κ1) is 24.1. The van der Waals surface area contributed by atoms with E-state index in [1.807, 2.05) is 0 Å². The van der Waals surface area contributed by atoms with Crippen LogP contribution in [0.2, 0.25) is 0 Å². The molecule has 0 fully saturated rings. The van der Waals surface area contributed by atoms with Gasteiger partial charge < -0.3 is 15.0 Å². The molecule has 2 aromatic carbocycles. The average molecular weight is 511 g/mol. The van der Waals surface area contributed by atoms with Crippen LogP contribution in [0.4, 0.5) is 23.4 Å². The fourth-order valence-corrected chi connectivity index (χ4v) is 4.03. The summed E-state index contributed by atoms with van der Waals surface area (Å²) < 4.78 is 59.7. The maximum atomic E-state index is 13.9. The lowest BCUT2D eigenvalue weighted by atomic mass is 10.0. The Kier molecular flexibility index (Phi) is 5.96. The van der Waals surface area contributed by atoms with Gasteiger partial charge in [-0.05, 0) is 48.0 Å². The number of aromatic nitrogens is 4. The van der Waals surface area contributed by atoms with E-state index in [0.29, 0.717) is 45.5 Å². The number of amides is 1. The Morgan fingerprint density at radius 3 is 2.54 bits per heavy atom. The normalized spacial score (nSPS) is 11.8. The summed E-state index contributed by atoms with van der Waals surface area (Å²) in [7, 11) is 1.40. The van der Waals surface area contributed by atoms with Crippen molar-refractivity contribution < 1.29 is 27.1 Å². The first-order valence-electron chi connectivity index (χ1n) is 10.8. The number of H-pyrrole nitrogens is 1. The monoisotopic (exact) mass is 511 g/mol. The number of alkyl halides is 3. The number of nitrogens with zero attached hydrogens (tertiary/aromatic N) is 3. The van der Waals surface area contributed by atoms with Crippen molar-refractivity contribution in [1.82, 2.24) is 19.5 Å². The summed E-state index contributed by atoms with van der Waals surface area (Å²) in [6, 6.07) is 10.9. The largest absolute Gasteiger partial charge is 0.419 e. The molecule has 0 atom stereocenters. The fourth-order valence-electron chi connectivity index (χ4n) is 4.03. The summed E-state index contributed by atoms with van der Waals surface area (Å²) in [5, 5.41) is 3.06. The molecule has 3 heterocycles. The van der Waals surface area contributed by atoms with Gasteiger partial charge in [-0.25, -0.2) is 14.2 Å². The molecule has 0 bridgehead atoms. The van der Waals surface area contributed by atoms with Crippen molar-refractivity contribution in [2.75, 3.05) is 19.0 Å². The molecule has 37 heavy (non-hydrogen) atoms. The number of hydrogen-bond donors (Lipinski definition) is 2. The molecule has 0 saturated heterocycles. The highest BCUT2D eigenvalue weighted by Gasteiger charge is 2.34. The van der Waals surface area contributed by atoms with Crippen molar-refractivity contribution >= 4 is 33.7 Å². The van der Waals surface area contributed by atoms with E-state index in [9.17, 15) is 27.2 Å². The van der Waals surface area contributed by atoms with Gasteiger partial charge >= 0.3 is 11.9 Å². The maximum absolute atomic E-state index is 13.9. The summed E-state index contributed by atoms with van der Waals surface area (Å²) in [6.07, 6.45) is -1.99. The molecule has 0 aliphatic rings. The maximum Gasteiger partial charge on any atom is 0.419 e. The molecule has 2 N–H and O–H groups in total. The first-order chi connectivity index (χ1) is 17.7. The molecule has 0 aliphatic heterocycles. The number of ether oxygens (including phenoxy) is 1. The number of hydrogen-bond acceptors (Lipinski definition) is 5. The third-order valence-corrected chi connectivity index (χ3v) is 5.66. The van der Waals surface area contributed by atoms with Gasteiger partial charge in [0, 0.05) is 24.3 Å². The molecule has 0 spiro atoms. The lowest BCUT2D eigenvalue weighted by Gasteiger charge is -2.12. The third-order valence-electron chi connectivity index (χ3n) is 5.66. The number of carbonyl (C=O) groups excluding carboxylic acids is 1. The van der Waals surface area contributed by atoms with E-state index in [0.717, 1.165) is 10.6 Å². The van der Waals surface area contributed by atoms with Gasteiger partial charge in [0.25, 0.3) is 5.91 Å². The topological polar surface area (TPSA) is 102 Å². The van der Waals surface area contributed by atoms with Crippen LogP contribution < -0.4 is 11.0 Å². The molecule has 0 radical (unpaired) electrons. The zero-order valence-electron chi connectivity index (χ0n) is 19.1. The molecule has 3 aromatic heterocycles. The predicted molar refractivity (Wildman–Crippen MR) is 128 cm³/mol. The Labute approximate surface area is 205 Å². The summed E-state index contributed by atoms with van der Waals surface area (Å²) in [6.45, 7) is -0.117. The Bertz CT molecular complexity index is 1710. The van der Waals surface area contributed by atoms with Crippen LogP contribution in [0.25, 0.3) is 38.8 Å². The van der Waals surface area contributed by atoms with Gasteiger partial charge in [-0.2, -0.15) is 13.2 Å². The smallest absolute Gasteiger partial charge is 0.375 e. The SMILES string of the molecule is COCC(=O)Nc1ccc(-c2ccc3ncc4[nH]c(=O)n(-c5ccc(F)c(C(F)(F)F)c5)c4c3c2)cn1. The summed E-state index contributed by atoms with van der Waals surface area (Å²) >= 11 is 0. The average Bonchev–Trinajstić information content (AvgIpc) is 3.20. The Hall–Kier alpha value is -4.58. The number of rotatable bonds is 5. The standard InChI is InChI=1S/C25H17F4N5O3/c1-37-12-22(35)33-21-7-3-14(10-31-21)13-2-6-19-16(8-13)23-20(11-30-19)32-24(36)34(23)15-4-5-18(26)17(9-15)25(27,28)29/h2-11H,12H2,1H3,(H,32,36)(H,31,33,35). The van der Waals surface area contributed by atoms with Crippen LogP contribution in [-0.4, -0.2) is 39.1 Å². The molecule has 0 aliphatic carbocycles. The minimum absolute atomic E-state index is 0.117. The second-order valence-corrected chi connectivity index (χ2v) is 8.09. The number of carbonyl (C=O) groups is 1. The molecule has 1 amide bonds. The summed E-state index contributed by atoms with van der Waals surface area (Å²) in [5.74, 6) is -1.47. The van der Waals surface area contributed by atoms with Crippen LogP contribution in [-0.2, 0) is 15.7 Å². The van der Waals surface area contributed by atoms with E-state index >= 15 is 0 Å². The fraction of sp³-hybridized carbons (Fsp3) is 0.120. The molecule has 188 valence electrons. The van der Waals surface area contributed by atoms with Crippen molar-refractivity contribution in [1.29, 1.82) is 0 Å². The number of methoxy groups -OCH3 is 1. The zero-order chi connectivity index (χ0) is 26.3. The van der Waals surface area contributed by atoms with E-state index in [2.05, 4.69) is 20.3 Å². The molecule has 12 heteroatoms. The molecular formula is C25H17F4N5O3. The summed E-state index contributed by atoms with van der Waals surface area (Å²) in [4.78, 5) is 35.6. The van der Waals surface area contributed by atoms with Crippen molar-refractivity contribution in [3.63, 3.8) is 0 Å².